The van der Waals surface area contributed by atoms with Crippen molar-refractivity contribution in [3.63, 3.8) is 0 Å². The molecule has 1 amide bonds. The summed E-state index contributed by atoms with van der Waals surface area (Å²) in [5, 5.41) is 12.2. The number of anilines is 1. The van der Waals surface area contributed by atoms with E-state index in [0.717, 1.165) is 15.8 Å². The minimum Gasteiger partial charge on any atom is -0.477 e. The second-order valence-corrected chi connectivity index (χ2v) is 5.21. The van der Waals surface area contributed by atoms with Crippen molar-refractivity contribution in [3.05, 3.63) is 21.6 Å². The maximum Gasteiger partial charge on any atom is 0.348 e. The van der Waals surface area contributed by atoms with Crippen LogP contribution in [0.1, 0.15) is 16.6 Å². The fraction of sp³-hybridized carbons (Fsp3) is 0.100. The Morgan fingerprint density at radius 1 is 1.53 bits per heavy atom. The average molecular weight is 315 g/mol. The molecule has 0 unspecified atom stereocenters. The highest BCUT2D eigenvalue weighted by Crippen LogP contribution is 2.35. The van der Waals surface area contributed by atoms with E-state index in [1.54, 1.807) is 12.3 Å². The van der Waals surface area contributed by atoms with Crippen LogP contribution in [0.2, 0.25) is 0 Å². The van der Waals surface area contributed by atoms with Gasteiger partial charge in [0.2, 0.25) is 5.91 Å². The molecule has 0 bridgehead atoms. The molecule has 0 aromatic carbocycles. The van der Waals surface area contributed by atoms with E-state index in [-0.39, 0.29) is 10.8 Å². The molecule has 2 N–H and O–H groups in total. The zero-order valence-corrected chi connectivity index (χ0v) is 11.1. The van der Waals surface area contributed by atoms with Crippen LogP contribution in [0.25, 0.3) is 10.2 Å². The lowest BCUT2D eigenvalue weighted by Crippen LogP contribution is -2.08. The van der Waals surface area contributed by atoms with Crippen molar-refractivity contribution < 1.29 is 14.7 Å². The minimum absolute atomic E-state index is 0.0841. The van der Waals surface area contributed by atoms with Crippen LogP contribution in [0.5, 0.6) is 0 Å². The van der Waals surface area contributed by atoms with Crippen LogP contribution < -0.4 is 5.32 Å². The molecular weight excluding hydrogens is 308 g/mol. The number of pyridine rings is 1. The Labute approximate surface area is 109 Å². The monoisotopic (exact) mass is 314 g/mol. The van der Waals surface area contributed by atoms with Gasteiger partial charge < -0.3 is 10.4 Å². The molecule has 0 saturated heterocycles. The van der Waals surface area contributed by atoms with E-state index in [2.05, 4.69) is 26.2 Å². The average Bonchev–Trinajstić information content (AvgIpc) is 2.56. The van der Waals surface area contributed by atoms with Crippen molar-refractivity contribution >= 4 is 55.0 Å². The topological polar surface area (TPSA) is 79.3 Å². The molecule has 0 atom stereocenters. The van der Waals surface area contributed by atoms with Gasteiger partial charge >= 0.3 is 5.97 Å². The molecule has 0 fully saturated rings. The SMILES string of the molecule is CC(=O)Nc1c(C(=O)O)sc2ncc(Br)cc12. The Hall–Kier alpha value is -1.47. The van der Waals surface area contributed by atoms with Crippen LogP contribution in [-0.2, 0) is 4.79 Å². The Kier molecular flexibility index (Phi) is 3.12. The quantitative estimate of drug-likeness (QED) is 0.893. The van der Waals surface area contributed by atoms with Gasteiger partial charge in [-0.25, -0.2) is 9.78 Å². The number of fused-ring (bicyclic) bond motifs is 1. The summed E-state index contributed by atoms with van der Waals surface area (Å²) in [6.07, 6.45) is 1.59. The molecule has 2 heterocycles. The van der Waals surface area contributed by atoms with Crippen LogP contribution in [0, 0.1) is 0 Å². The van der Waals surface area contributed by atoms with Gasteiger partial charge in [0.1, 0.15) is 9.71 Å². The van der Waals surface area contributed by atoms with Gasteiger partial charge in [-0.2, -0.15) is 0 Å². The number of halogens is 1. The van der Waals surface area contributed by atoms with Gasteiger partial charge in [-0.3, -0.25) is 4.79 Å². The Bertz CT molecular complexity index is 623. The third-order valence-corrected chi connectivity index (χ3v) is 3.54. The second kappa shape index (κ2) is 4.42. The first-order valence-corrected chi connectivity index (χ1v) is 6.19. The van der Waals surface area contributed by atoms with Crippen molar-refractivity contribution in [1.29, 1.82) is 0 Å². The molecule has 2 rings (SSSR count). The van der Waals surface area contributed by atoms with Crippen molar-refractivity contribution in [1.82, 2.24) is 4.98 Å². The maximum absolute atomic E-state index is 11.1. The summed E-state index contributed by atoms with van der Waals surface area (Å²) in [7, 11) is 0. The number of nitrogens with zero attached hydrogens (tertiary/aromatic N) is 1. The van der Waals surface area contributed by atoms with E-state index in [0.29, 0.717) is 15.9 Å². The molecule has 0 saturated carbocycles. The predicted molar refractivity (Wildman–Crippen MR) is 68.6 cm³/mol. The highest BCUT2D eigenvalue weighted by atomic mass is 79.9. The fourth-order valence-corrected chi connectivity index (χ4v) is 2.66. The molecule has 0 radical (unpaired) electrons. The highest BCUT2D eigenvalue weighted by molar-refractivity contribution is 9.10. The first kappa shape index (κ1) is 12.0. The first-order valence-electron chi connectivity index (χ1n) is 4.58. The zero-order valence-electron chi connectivity index (χ0n) is 8.65. The van der Waals surface area contributed by atoms with Crippen molar-refractivity contribution in [2.24, 2.45) is 0 Å². The summed E-state index contributed by atoms with van der Waals surface area (Å²) in [5.41, 5.74) is 0.304. The number of hydrogen-bond acceptors (Lipinski definition) is 4. The molecular formula is C10H7BrN2O3S. The number of thiophene rings is 1. The van der Waals surface area contributed by atoms with Gasteiger partial charge in [0.25, 0.3) is 0 Å². The van der Waals surface area contributed by atoms with Gasteiger partial charge in [-0.05, 0) is 22.0 Å². The third kappa shape index (κ3) is 2.29. The molecule has 88 valence electrons. The summed E-state index contributed by atoms with van der Waals surface area (Å²) < 4.78 is 0.728. The van der Waals surface area contributed by atoms with Gasteiger partial charge in [-0.15, -0.1) is 11.3 Å². The highest BCUT2D eigenvalue weighted by Gasteiger charge is 2.19. The lowest BCUT2D eigenvalue weighted by Gasteiger charge is -2.01. The van der Waals surface area contributed by atoms with Gasteiger partial charge in [0.15, 0.2) is 0 Å². The van der Waals surface area contributed by atoms with Gasteiger partial charge in [0.05, 0.1) is 5.69 Å². The fourth-order valence-electron chi connectivity index (χ4n) is 1.41. The number of aromatic nitrogens is 1. The standard InChI is InChI=1S/C10H7BrN2O3S/c1-4(14)13-7-6-2-5(11)3-12-9(6)17-8(7)10(15)16/h2-3H,1H3,(H,13,14)(H,15,16). The largest absolute Gasteiger partial charge is 0.477 e. The number of carboxylic acids is 1. The summed E-state index contributed by atoms with van der Waals surface area (Å²) in [6.45, 7) is 1.33. The zero-order chi connectivity index (χ0) is 12.6. The van der Waals surface area contributed by atoms with Gasteiger partial charge in [-0.1, -0.05) is 0 Å². The molecule has 2 aromatic rings. The Balaban J connectivity index is 2.72. The van der Waals surface area contributed by atoms with Crippen molar-refractivity contribution in [2.75, 3.05) is 5.32 Å². The van der Waals surface area contributed by atoms with E-state index in [9.17, 15) is 9.59 Å². The van der Waals surface area contributed by atoms with Crippen molar-refractivity contribution in [2.45, 2.75) is 6.92 Å². The van der Waals surface area contributed by atoms with E-state index >= 15 is 0 Å². The van der Waals surface area contributed by atoms with Crippen molar-refractivity contribution in [3.8, 4) is 0 Å². The molecule has 17 heavy (non-hydrogen) atoms. The molecule has 0 aliphatic heterocycles. The normalized spacial score (nSPS) is 10.5. The molecule has 0 aliphatic rings. The maximum atomic E-state index is 11.1. The van der Waals surface area contributed by atoms with E-state index < -0.39 is 5.97 Å². The number of rotatable bonds is 2. The van der Waals surface area contributed by atoms with Gasteiger partial charge in [0, 0.05) is 23.0 Å². The smallest absolute Gasteiger partial charge is 0.348 e. The van der Waals surface area contributed by atoms with E-state index in [1.807, 2.05) is 0 Å². The molecule has 7 heteroatoms. The number of carbonyl (C=O) groups excluding carboxylic acids is 1. The minimum atomic E-state index is -1.08. The van der Waals surface area contributed by atoms with Crippen LogP contribution in [-0.4, -0.2) is 22.0 Å². The number of nitrogens with one attached hydrogen (secondary N) is 1. The molecule has 0 aliphatic carbocycles. The van der Waals surface area contributed by atoms with Crippen LogP contribution in [0.4, 0.5) is 5.69 Å². The number of aromatic carboxylic acids is 1. The number of amides is 1. The number of carbonyl (C=O) groups is 2. The predicted octanol–water partition coefficient (Wildman–Crippen LogP) is 2.72. The summed E-state index contributed by atoms with van der Waals surface area (Å²) in [5.74, 6) is -1.39. The Morgan fingerprint density at radius 3 is 2.82 bits per heavy atom. The number of carboxylic acid groups (broad SMARTS) is 1. The van der Waals surface area contributed by atoms with E-state index in [4.69, 9.17) is 5.11 Å². The third-order valence-electron chi connectivity index (χ3n) is 2.01. The lowest BCUT2D eigenvalue weighted by atomic mass is 10.2. The summed E-state index contributed by atoms with van der Waals surface area (Å²) >= 11 is 4.30. The second-order valence-electron chi connectivity index (χ2n) is 3.30. The number of hydrogen-bond donors (Lipinski definition) is 2. The molecule has 2 aromatic heterocycles. The lowest BCUT2D eigenvalue weighted by molar-refractivity contribution is -0.114. The molecule has 0 spiro atoms. The first-order chi connectivity index (χ1) is 7.99. The summed E-state index contributed by atoms with van der Waals surface area (Å²) in [6, 6.07) is 1.73. The van der Waals surface area contributed by atoms with Crippen LogP contribution in [0.15, 0.2) is 16.7 Å². The molecule has 5 nitrogen and oxygen atoms in total. The Morgan fingerprint density at radius 2 is 2.24 bits per heavy atom. The van der Waals surface area contributed by atoms with Crippen LogP contribution >= 0.6 is 27.3 Å². The summed E-state index contributed by atoms with van der Waals surface area (Å²) in [4.78, 5) is 26.9. The van der Waals surface area contributed by atoms with Crippen LogP contribution in [0.3, 0.4) is 0 Å². The van der Waals surface area contributed by atoms with E-state index in [1.165, 1.54) is 6.92 Å².